The highest BCUT2D eigenvalue weighted by Gasteiger charge is 2.12. The molecule has 0 aromatic heterocycles. The second kappa shape index (κ2) is 6.05. The van der Waals surface area contributed by atoms with Gasteiger partial charge in [0.1, 0.15) is 35.5 Å². The summed E-state index contributed by atoms with van der Waals surface area (Å²) < 4.78 is 18.5. The van der Waals surface area contributed by atoms with E-state index < -0.39 is 5.82 Å². The number of nitriles is 3. The van der Waals surface area contributed by atoms with Crippen LogP contribution in [0, 0.1) is 46.7 Å². The molecule has 1 aromatic carbocycles. The van der Waals surface area contributed by atoms with Crippen LogP contribution in [0.5, 0.6) is 5.75 Å². The van der Waals surface area contributed by atoms with E-state index in [1.165, 1.54) is 13.2 Å². The van der Waals surface area contributed by atoms with Gasteiger partial charge in [-0.3, -0.25) is 0 Å². The van der Waals surface area contributed by atoms with Crippen molar-refractivity contribution in [2.75, 3.05) is 12.4 Å². The zero-order valence-corrected chi connectivity index (χ0v) is 10.3. The molecular formula is C13H9FN4O. The van der Waals surface area contributed by atoms with Crippen LogP contribution in [0.2, 0.25) is 0 Å². The van der Waals surface area contributed by atoms with Crippen molar-refractivity contribution in [3.63, 3.8) is 0 Å². The molecule has 0 aliphatic rings. The van der Waals surface area contributed by atoms with E-state index in [-0.39, 0.29) is 17.0 Å². The number of hydrogen-bond acceptors (Lipinski definition) is 5. The largest absolute Gasteiger partial charge is 0.495 e. The minimum absolute atomic E-state index is 0.171. The lowest BCUT2D eigenvalue weighted by molar-refractivity contribution is 0.415. The number of ether oxygens (including phenoxy) is 1. The van der Waals surface area contributed by atoms with Crippen LogP contribution < -0.4 is 10.1 Å². The molecule has 5 nitrogen and oxygen atoms in total. The maximum atomic E-state index is 13.5. The van der Waals surface area contributed by atoms with Gasteiger partial charge in [0, 0.05) is 6.07 Å². The van der Waals surface area contributed by atoms with E-state index >= 15 is 0 Å². The summed E-state index contributed by atoms with van der Waals surface area (Å²) in [5.74, 6) is -0.182. The second-order valence-electron chi connectivity index (χ2n) is 3.51. The van der Waals surface area contributed by atoms with E-state index in [2.05, 4.69) is 5.32 Å². The van der Waals surface area contributed by atoms with Crippen molar-refractivity contribution in [3.05, 3.63) is 34.8 Å². The third-order valence-electron chi connectivity index (χ3n) is 2.33. The summed E-state index contributed by atoms with van der Waals surface area (Å²) in [6.07, 6.45) is 0. The van der Waals surface area contributed by atoms with Crippen molar-refractivity contribution < 1.29 is 9.13 Å². The van der Waals surface area contributed by atoms with Gasteiger partial charge in [-0.2, -0.15) is 15.8 Å². The number of methoxy groups -OCH3 is 1. The van der Waals surface area contributed by atoms with E-state index in [4.69, 9.17) is 20.5 Å². The lowest BCUT2D eigenvalue weighted by atomic mass is 10.1. The van der Waals surface area contributed by atoms with E-state index in [0.29, 0.717) is 11.3 Å². The molecule has 0 saturated carbocycles. The van der Waals surface area contributed by atoms with Crippen LogP contribution in [0.4, 0.5) is 10.1 Å². The van der Waals surface area contributed by atoms with Crippen LogP contribution in [0.25, 0.3) is 0 Å². The van der Waals surface area contributed by atoms with Crippen LogP contribution in [0.3, 0.4) is 0 Å². The van der Waals surface area contributed by atoms with Crippen LogP contribution in [-0.2, 0) is 0 Å². The Morgan fingerprint density at radius 2 is 1.84 bits per heavy atom. The van der Waals surface area contributed by atoms with E-state index in [0.717, 1.165) is 6.07 Å². The zero-order valence-electron chi connectivity index (χ0n) is 10.3. The molecular weight excluding hydrogens is 247 g/mol. The molecule has 1 rings (SSSR count). The average molecular weight is 256 g/mol. The molecule has 0 spiro atoms. The van der Waals surface area contributed by atoms with Gasteiger partial charge in [-0.1, -0.05) is 0 Å². The molecule has 0 aliphatic heterocycles. The molecule has 0 bridgehead atoms. The van der Waals surface area contributed by atoms with Gasteiger partial charge in [-0.25, -0.2) is 4.39 Å². The Kier molecular flexibility index (Phi) is 4.46. The Morgan fingerprint density at radius 3 is 2.32 bits per heavy atom. The summed E-state index contributed by atoms with van der Waals surface area (Å²) in [6, 6.07) is 7.44. The second-order valence-corrected chi connectivity index (χ2v) is 3.51. The molecule has 0 aliphatic carbocycles. The Balaban J connectivity index is 3.31. The monoisotopic (exact) mass is 256 g/mol. The van der Waals surface area contributed by atoms with Crippen molar-refractivity contribution in [1.82, 2.24) is 0 Å². The molecule has 1 N–H and O–H groups in total. The Bertz CT molecular complexity index is 643. The summed E-state index contributed by atoms with van der Waals surface area (Å²) in [5.41, 5.74) is -0.0899. The first kappa shape index (κ1) is 14.0. The van der Waals surface area contributed by atoms with Crippen molar-refractivity contribution >= 4 is 5.69 Å². The highest BCUT2D eigenvalue weighted by atomic mass is 19.1. The fraction of sp³-hybridized carbons (Fsp3) is 0.154. The number of nitrogens with zero attached hydrogens (tertiary/aromatic N) is 3. The third-order valence-corrected chi connectivity index (χ3v) is 2.33. The first-order valence-corrected chi connectivity index (χ1v) is 5.13. The quantitative estimate of drug-likeness (QED) is 0.838. The van der Waals surface area contributed by atoms with Crippen molar-refractivity contribution in [2.45, 2.75) is 6.92 Å². The van der Waals surface area contributed by atoms with Crippen LogP contribution in [-0.4, -0.2) is 7.11 Å². The molecule has 0 amide bonds. The molecule has 0 radical (unpaired) electrons. The number of halogens is 1. The first-order valence-electron chi connectivity index (χ1n) is 5.13. The normalized spacial score (nSPS) is 8.63. The lowest BCUT2D eigenvalue weighted by Gasteiger charge is -2.11. The number of aryl methyl sites for hydroxylation is 1. The predicted molar refractivity (Wildman–Crippen MR) is 65.2 cm³/mol. The zero-order chi connectivity index (χ0) is 14.4. The minimum atomic E-state index is -0.490. The molecule has 0 fully saturated rings. The lowest BCUT2D eigenvalue weighted by Crippen LogP contribution is -2.03. The van der Waals surface area contributed by atoms with Gasteiger partial charge >= 0.3 is 0 Å². The molecule has 94 valence electrons. The molecule has 1 aromatic rings. The van der Waals surface area contributed by atoms with Crippen LogP contribution >= 0.6 is 0 Å². The fourth-order valence-electron chi connectivity index (χ4n) is 1.34. The molecule has 0 atom stereocenters. The maximum absolute atomic E-state index is 13.5. The minimum Gasteiger partial charge on any atom is -0.495 e. The molecule has 0 unspecified atom stereocenters. The molecule has 19 heavy (non-hydrogen) atoms. The summed E-state index contributed by atoms with van der Waals surface area (Å²) in [4.78, 5) is 0. The summed E-state index contributed by atoms with van der Waals surface area (Å²) in [5, 5.41) is 28.8. The average Bonchev–Trinajstić information content (AvgIpc) is 2.42. The molecule has 0 heterocycles. The first-order chi connectivity index (χ1) is 9.07. The molecule has 6 heteroatoms. The topological polar surface area (TPSA) is 92.6 Å². The SMILES string of the molecule is COc1cc(C)c(F)cc1NC(C#N)=C(C#N)C#N. The summed E-state index contributed by atoms with van der Waals surface area (Å²) in [7, 11) is 1.39. The highest BCUT2D eigenvalue weighted by molar-refractivity contribution is 5.65. The van der Waals surface area contributed by atoms with Gasteiger partial charge in [-0.15, -0.1) is 0 Å². The van der Waals surface area contributed by atoms with E-state index in [1.807, 2.05) is 0 Å². The van der Waals surface area contributed by atoms with Crippen LogP contribution in [0.1, 0.15) is 5.56 Å². The standard InChI is InChI=1S/C13H9FN4O/c1-8-3-13(19-2)11(4-10(8)14)18-12(7-17)9(5-15)6-16/h3-4,18H,1-2H3. The summed E-state index contributed by atoms with van der Waals surface area (Å²) in [6.45, 7) is 1.57. The Hall–Kier alpha value is -3.04. The summed E-state index contributed by atoms with van der Waals surface area (Å²) >= 11 is 0. The van der Waals surface area contributed by atoms with Gasteiger partial charge < -0.3 is 10.1 Å². The Labute approximate surface area is 109 Å². The smallest absolute Gasteiger partial charge is 0.163 e. The van der Waals surface area contributed by atoms with Crippen LogP contribution in [0.15, 0.2) is 23.4 Å². The van der Waals surface area contributed by atoms with Gasteiger partial charge in [-0.05, 0) is 18.6 Å². The van der Waals surface area contributed by atoms with E-state index in [9.17, 15) is 4.39 Å². The maximum Gasteiger partial charge on any atom is 0.163 e. The number of benzene rings is 1. The van der Waals surface area contributed by atoms with Gasteiger partial charge in [0.25, 0.3) is 0 Å². The number of nitrogens with one attached hydrogen (secondary N) is 1. The van der Waals surface area contributed by atoms with Gasteiger partial charge in [0.05, 0.1) is 12.8 Å². The van der Waals surface area contributed by atoms with Crippen molar-refractivity contribution in [1.29, 1.82) is 15.8 Å². The van der Waals surface area contributed by atoms with E-state index in [1.54, 1.807) is 25.1 Å². The Morgan fingerprint density at radius 1 is 1.21 bits per heavy atom. The van der Waals surface area contributed by atoms with Gasteiger partial charge in [0.2, 0.25) is 0 Å². The number of allylic oxidation sites excluding steroid dienone is 2. The fourth-order valence-corrected chi connectivity index (χ4v) is 1.34. The number of hydrogen-bond donors (Lipinski definition) is 1. The van der Waals surface area contributed by atoms with Crippen molar-refractivity contribution in [3.8, 4) is 24.0 Å². The number of rotatable bonds is 3. The van der Waals surface area contributed by atoms with Gasteiger partial charge in [0.15, 0.2) is 5.57 Å². The number of anilines is 1. The highest BCUT2D eigenvalue weighted by Crippen LogP contribution is 2.28. The third kappa shape index (κ3) is 3.00. The predicted octanol–water partition coefficient (Wildman–Crippen LogP) is 2.38. The van der Waals surface area contributed by atoms with Crippen molar-refractivity contribution in [2.24, 2.45) is 0 Å². The molecule has 0 saturated heterocycles.